The van der Waals surface area contributed by atoms with Crippen LogP contribution < -0.4 is 10.1 Å². The van der Waals surface area contributed by atoms with Crippen LogP contribution in [0.1, 0.15) is 23.6 Å². The van der Waals surface area contributed by atoms with Crippen molar-refractivity contribution in [2.75, 3.05) is 11.9 Å². The molecule has 4 nitrogen and oxygen atoms in total. The Morgan fingerprint density at radius 2 is 1.09 bits per heavy atom. The average molecular weight is 460 g/mol. The van der Waals surface area contributed by atoms with Gasteiger partial charge in [0.1, 0.15) is 5.75 Å². The molecule has 4 aromatic carbocycles. The molecule has 4 heteroatoms. The molecule has 0 amide bonds. The molecule has 0 aromatic heterocycles. The molecular formula is C31H25NO3. The van der Waals surface area contributed by atoms with E-state index in [2.05, 4.69) is 5.32 Å². The predicted octanol–water partition coefficient (Wildman–Crippen LogP) is 6.16. The van der Waals surface area contributed by atoms with Gasteiger partial charge in [-0.2, -0.15) is 0 Å². The minimum Gasteiger partial charge on any atom is -0.494 e. The molecule has 35 heavy (non-hydrogen) atoms. The molecule has 0 bridgehead atoms. The number of rotatable bonds is 7. The second-order valence-electron chi connectivity index (χ2n) is 8.34. The van der Waals surface area contributed by atoms with Gasteiger partial charge in [0, 0.05) is 16.8 Å². The number of carbonyl (C=O) groups is 2. The topological polar surface area (TPSA) is 55.4 Å². The molecule has 0 unspecified atom stereocenters. The Hall–Kier alpha value is -4.44. The van der Waals surface area contributed by atoms with Crippen molar-refractivity contribution in [3.63, 3.8) is 0 Å². The van der Waals surface area contributed by atoms with Crippen LogP contribution in [0.4, 0.5) is 5.69 Å². The second-order valence-corrected chi connectivity index (χ2v) is 8.34. The van der Waals surface area contributed by atoms with E-state index in [-0.39, 0.29) is 11.6 Å². The van der Waals surface area contributed by atoms with Crippen molar-refractivity contribution >= 4 is 28.4 Å². The molecule has 4 aromatic rings. The van der Waals surface area contributed by atoms with Crippen LogP contribution in [0.2, 0.25) is 0 Å². The zero-order valence-electron chi connectivity index (χ0n) is 19.4. The lowest BCUT2D eigenvalue weighted by molar-refractivity contribution is -0.126. The Labute approximate surface area is 204 Å². The van der Waals surface area contributed by atoms with Crippen LogP contribution in [0.15, 0.2) is 115 Å². The fraction of sp³-hybridized carbons (Fsp3) is 0.0968. The van der Waals surface area contributed by atoms with Crippen molar-refractivity contribution < 1.29 is 14.3 Å². The van der Waals surface area contributed by atoms with Crippen molar-refractivity contribution in [2.24, 2.45) is 0 Å². The first-order chi connectivity index (χ1) is 17.1. The third kappa shape index (κ3) is 3.93. The van der Waals surface area contributed by atoms with Gasteiger partial charge in [0.2, 0.25) is 11.6 Å². The maximum absolute atomic E-state index is 14.4. The SMILES string of the molecule is CCOc1ccc(NC2(c3ccccc3)C(=O)C(c3ccccc3)=C(c3ccccc3)C2=O)cc1. The number of anilines is 1. The van der Waals surface area contributed by atoms with Crippen LogP contribution in [0.5, 0.6) is 5.75 Å². The van der Waals surface area contributed by atoms with Crippen LogP contribution in [0, 0.1) is 0 Å². The number of hydrogen-bond acceptors (Lipinski definition) is 4. The van der Waals surface area contributed by atoms with E-state index < -0.39 is 5.54 Å². The van der Waals surface area contributed by atoms with E-state index in [1.54, 1.807) is 0 Å². The molecule has 0 heterocycles. The number of ether oxygens (including phenoxy) is 1. The summed E-state index contributed by atoms with van der Waals surface area (Å²) in [5.74, 6) is 0.184. The number of Topliss-reactive ketones (excluding diaryl/α,β-unsaturated/α-hetero) is 2. The summed E-state index contributed by atoms with van der Waals surface area (Å²) in [5.41, 5.74) is 1.94. The second kappa shape index (κ2) is 9.43. The number of carbonyl (C=O) groups excluding carboxylic acids is 2. The van der Waals surface area contributed by atoms with Crippen molar-refractivity contribution in [2.45, 2.75) is 12.5 Å². The summed E-state index contributed by atoms with van der Waals surface area (Å²) in [5, 5.41) is 3.34. The predicted molar refractivity (Wildman–Crippen MR) is 139 cm³/mol. The molecule has 1 aliphatic carbocycles. The lowest BCUT2D eigenvalue weighted by atomic mass is 9.82. The monoisotopic (exact) mass is 459 g/mol. The molecule has 5 rings (SSSR count). The van der Waals surface area contributed by atoms with E-state index in [4.69, 9.17) is 4.74 Å². The summed E-state index contributed by atoms with van der Waals surface area (Å²) in [6.07, 6.45) is 0. The van der Waals surface area contributed by atoms with E-state index in [0.717, 1.165) is 16.9 Å². The lowest BCUT2D eigenvalue weighted by Crippen LogP contribution is -2.47. The molecule has 0 saturated heterocycles. The van der Waals surface area contributed by atoms with Crippen molar-refractivity contribution in [3.05, 3.63) is 132 Å². The largest absolute Gasteiger partial charge is 0.494 e. The Kier molecular flexibility index (Phi) is 6.02. The maximum Gasteiger partial charge on any atom is 0.202 e. The van der Waals surface area contributed by atoms with Crippen LogP contribution >= 0.6 is 0 Å². The number of hydrogen-bond donors (Lipinski definition) is 1. The fourth-order valence-electron chi connectivity index (χ4n) is 4.62. The maximum atomic E-state index is 14.4. The van der Waals surface area contributed by atoms with Crippen molar-refractivity contribution in [3.8, 4) is 5.75 Å². The molecule has 0 aliphatic heterocycles. The smallest absolute Gasteiger partial charge is 0.202 e. The van der Waals surface area contributed by atoms with Crippen LogP contribution in [0.25, 0.3) is 11.1 Å². The highest BCUT2D eigenvalue weighted by atomic mass is 16.5. The molecule has 1 aliphatic rings. The Morgan fingerprint density at radius 3 is 1.54 bits per heavy atom. The fourth-order valence-corrected chi connectivity index (χ4v) is 4.62. The van der Waals surface area contributed by atoms with Gasteiger partial charge in [-0.3, -0.25) is 9.59 Å². The molecule has 0 radical (unpaired) electrons. The zero-order chi connectivity index (χ0) is 24.3. The summed E-state index contributed by atoms with van der Waals surface area (Å²) in [6.45, 7) is 2.48. The first-order valence-corrected chi connectivity index (χ1v) is 11.7. The van der Waals surface area contributed by atoms with Gasteiger partial charge in [-0.25, -0.2) is 0 Å². The van der Waals surface area contributed by atoms with Gasteiger partial charge in [0.15, 0.2) is 5.54 Å². The van der Waals surface area contributed by atoms with E-state index in [0.29, 0.717) is 29.0 Å². The molecular weight excluding hydrogens is 434 g/mol. The molecule has 0 fully saturated rings. The van der Waals surface area contributed by atoms with Gasteiger partial charge in [0.25, 0.3) is 0 Å². The molecule has 172 valence electrons. The summed E-state index contributed by atoms with van der Waals surface area (Å²) in [7, 11) is 0. The summed E-state index contributed by atoms with van der Waals surface area (Å²) in [6, 6.07) is 35.4. The Morgan fingerprint density at radius 1 is 0.629 bits per heavy atom. The summed E-state index contributed by atoms with van der Waals surface area (Å²) in [4.78, 5) is 28.9. The van der Waals surface area contributed by atoms with Gasteiger partial charge < -0.3 is 10.1 Å². The normalized spacial score (nSPS) is 14.8. The van der Waals surface area contributed by atoms with Crippen molar-refractivity contribution in [1.29, 1.82) is 0 Å². The average Bonchev–Trinajstić information content (AvgIpc) is 3.14. The molecule has 1 N–H and O–H groups in total. The van der Waals surface area contributed by atoms with Crippen LogP contribution in [-0.4, -0.2) is 18.2 Å². The van der Waals surface area contributed by atoms with Crippen LogP contribution in [-0.2, 0) is 15.1 Å². The molecule has 0 saturated carbocycles. The highest BCUT2D eigenvalue weighted by Crippen LogP contribution is 2.46. The quantitative estimate of drug-likeness (QED) is 0.337. The summed E-state index contributed by atoms with van der Waals surface area (Å²) >= 11 is 0. The van der Waals surface area contributed by atoms with E-state index in [1.807, 2.05) is 122 Å². The number of ketones is 2. The first kappa shape index (κ1) is 22.4. The van der Waals surface area contributed by atoms with Gasteiger partial charge in [-0.05, 0) is 47.9 Å². The van der Waals surface area contributed by atoms with E-state index in [1.165, 1.54) is 0 Å². The Bertz CT molecular complexity index is 1310. The lowest BCUT2D eigenvalue weighted by Gasteiger charge is -2.30. The highest BCUT2D eigenvalue weighted by molar-refractivity contribution is 6.56. The summed E-state index contributed by atoms with van der Waals surface area (Å²) < 4.78 is 5.56. The minimum absolute atomic E-state index is 0.271. The van der Waals surface area contributed by atoms with Gasteiger partial charge in [0.05, 0.1) is 6.61 Å². The molecule has 0 spiro atoms. The number of benzene rings is 4. The van der Waals surface area contributed by atoms with Gasteiger partial charge in [-0.15, -0.1) is 0 Å². The zero-order valence-corrected chi connectivity index (χ0v) is 19.4. The first-order valence-electron chi connectivity index (χ1n) is 11.7. The van der Waals surface area contributed by atoms with Gasteiger partial charge >= 0.3 is 0 Å². The van der Waals surface area contributed by atoms with Crippen molar-refractivity contribution in [1.82, 2.24) is 0 Å². The third-order valence-electron chi connectivity index (χ3n) is 6.21. The minimum atomic E-state index is -1.59. The van der Waals surface area contributed by atoms with E-state index >= 15 is 0 Å². The Balaban J connectivity index is 1.71. The van der Waals surface area contributed by atoms with E-state index in [9.17, 15) is 9.59 Å². The number of nitrogens with one attached hydrogen (secondary N) is 1. The van der Waals surface area contributed by atoms with Gasteiger partial charge in [-0.1, -0.05) is 91.0 Å². The van der Waals surface area contributed by atoms with Crippen LogP contribution in [0.3, 0.4) is 0 Å². The highest BCUT2D eigenvalue weighted by Gasteiger charge is 2.56. The third-order valence-corrected chi connectivity index (χ3v) is 6.21. The standard InChI is InChI=1S/C31H25NO3/c1-2-35-26-20-18-25(19-21-26)32-31(24-16-10-5-11-17-24)29(33)27(22-12-6-3-7-13-22)28(30(31)34)23-14-8-4-9-15-23/h3-21,32H,2H2,1H3. The molecule has 0 atom stereocenters.